The minimum absolute atomic E-state index is 0.123. The monoisotopic (exact) mass is 430 g/mol. The van der Waals surface area contributed by atoms with Crippen molar-refractivity contribution in [3.8, 4) is 11.5 Å². The Morgan fingerprint density at radius 1 is 1.10 bits per heavy atom. The Hall–Kier alpha value is -2.58. The van der Waals surface area contributed by atoms with Gasteiger partial charge in [-0.3, -0.25) is 4.79 Å². The van der Waals surface area contributed by atoms with Gasteiger partial charge in [-0.2, -0.15) is 4.31 Å². The number of rotatable bonds is 6. The Morgan fingerprint density at radius 3 is 2.67 bits per heavy atom. The first-order valence-corrected chi connectivity index (χ1v) is 11.7. The zero-order chi connectivity index (χ0) is 21.1. The van der Waals surface area contributed by atoms with Gasteiger partial charge in [0.15, 0.2) is 11.5 Å². The Bertz CT molecular complexity index is 1020. The number of hydrogen-bond acceptors (Lipinski definition) is 5. The highest BCUT2D eigenvalue weighted by Crippen LogP contribution is 2.32. The fourth-order valence-corrected chi connectivity index (χ4v) is 5.64. The first-order valence-electron chi connectivity index (χ1n) is 10.2. The van der Waals surface area contributed by atoms with E-state index in [1.165, 1.54) is 0 Å². The number of nitrogens with zero attached hydrogens (tertiary/aromatic N) is 1. The lowest BCUT2D eigenvalue weighted by atomic mass is 10.0. The molecule has 1 saturated heterocycles. The summed E-state index contributed by atoms with van der Waals surface area (Å²) < 4.78 is 38.5. The SMILES string of the molecule is Cc1ccc(S(=O)(=O)N2CCCCC2CCNC(=O)c2ccc3c(c2)OCO3)cc1. The molecule has 1 unspecified atom stereocenters. The van der Waals surface area contributed by atoms with Crippen molar-refractivity contribution in [3.63, 3.8) is 0 Å². The lowest BCUT2D eigenvalue weighted by Crippen LogP contribution is -2.45. The molecular formula is C22H26N2O5S. The number of sulfonamides is 1. The third-order valence-corrected chi connectivity index (χ3v) is 7.56. The van der Waals surface area contributed by atoms with Gasteiger partial charge in [-0.1, -0.05) is 24.1 Å². The largest absolute Gasteiger partial charge is 0.454 e. The van der Waals surface area contributed by atoms with Crippen LogP contribution in [0.15, 0.2) is 47.4 Å². The minimum atomic E-state index is -3.55. The van der Waals surface area contributed by atoms with Gasteiger partial charge in [-0.05, 0) is 56.5 Å². The van der Waals surface area contributed by atoms with Crippen molar-refractivity contribution in [2.45, 2.75) is 43.5 Å². The Kier molecular flexibility index (Phi) is 5.97. The van der Waals surface area contributed by atoms with Gasteiger partial charge < -0.3 is 14.8 Å². The van der Waals surface area contributed by atoms with Crippen LogP contribution in [0.25, 0.3) is 0 Å². The molecule has 2 aromatic carbocycles. The highest BCUT2D eigenvalue weighted by Gasteiger charge is 2.33. The number of nitrogens with one attached hydrogen (secondary N) is 1. The smallest absolute Gasteiger partial charge is 0.251 e. The summed E-state index contributed by atoms with van der Waals surface area (Å²) in [7, 11) is -3.55. The molecule has 160 valence electrons. The summed E-state index contributed by atoms with van der Waals surface area (Å²) in [5, 5.41) is 2.90. The molecule has 2 aliphatic rings. The van der Waals surface area contributed by atoms with E-state index in [1.807, 2.05) is 19.1 Å². The molecule has 2 heterocycles. The zero-order valence-electron chi connectivity index (χ0n) is 17.0. The van der Waals surface area contributed by atoms with Gasteiger partial charge in [0.2, 0.25) is 16.8 Å². The van der Waals surface area contributed by atoms with Crippen molar-refractivity contribution in [2.24, 2.45) is 0 Å². The molecule has 2 aromatic rings. The molecule has 0 aliphatic carbocycles. The van der Waals surface area contributed by atoms with E-state index in [0.29, 0.717) is 41.5 Å². The van der Waals surface area contributed by atoms with Crippen LogP contribution in [0.4, 0.5) is 0 Å². The van der Waals surface area contributed by atoms with E-state index < -0.39 is 10.0 Å². The molecule has 1 fully saturated rings. The quantitative estimate of drug-likeness (QED) is 0.761. The van der Waals surface area contributed by atoms with E-state index in [9.17, 15) is 13.2 Å². The molecule has 1 amide bonds. The number of amides is 1. The number of aryl methyl sites for hydroxylation is 1. The maximum absolute atomic E-state index is 13.1. The van der Waals surface area contributed by atoms with Crippen molar-refractivity contribution in [2.75, 3.05) is 19.9 Å². The Labute approximate surface area is 177 Å². The lowest BCUT2D eigenvalue weighted by Gasteiger charge is -2.34. The normalized spacial score (nSPS) is 18.9. The van der Waals surface area contributed by atoms with Crippen molar-refractivity contribution in [3.05, 3.63) is 53.6 Å². The standard InChI is InChI=1S/C22H26N2O5S/c1-16-5-8-19(9-6-16)30(26,27)24-13-3-2-4-18(24)11-12-23-22(25)17-7-10-20-21(14-17)29-15-28-20/h5-10,14,18H,2-4,11-13,15H2,1H3,(H,23,25). The van der Waals surface area contributed by atoms with E-state index >= 15 is 0 Å². The molecule has 0 aromatic heterocycles. The fourth-order valence-electron chi connectivity index (χ4n) is 3.92. The van der Waals surface area contributed by atoms with Crippen LogP contribution in [-0.2, 0) is 10.0 Å². The van der Waals surface area contributed by atoms with Crippen LogP contribution in [-0.4, -0.2) is 44.6 Å². The molecule has 0 saturated carbocycles. The maximum atomic E-state index is 13.1. The molecule has 2 aliphatic heterocycles. The van der Waals surface area contributed by atoms with Crippen LogP contribution in [0.3, 0.4) is 0 Å². The van der Waals surface area contributed by atoms with Crippen LogP contribution < -0.4 is 14.8 Å². The van der Waals surface area contributed by atoms with Gasteiger partial charge in [0.05, 0.1) is 4.90 Å². The number of benzene rings is 2. The highest BCUT2D eigenvalue weighted by molar-refractivity contribution is 7.89. The predicted molar refractivity (Wildman–Crippen MR) is 112 cm³/mol. The van der Waals surface area contributed by atoms with Gasteiger partial charge >= 0.3 is 0 Å². The highest BCUT2D eigenvalue weighted by atomic mass is 32.2. The van der Waals surface area contributed by atoms with Gasteiger partial charge in [0, 0.05) is 24.7 Å². The van der Waals surface area contributed by atoms with E-state index in [-0.39, 0.29) is 18.7 Å². The first kappa shape index (κ1) is 20.7. The third-order valence-electron chi connectivity index (χ3n) is 5.60. The van der Waals surface area contributed by atoms with E-state index in [0.717, 1.165) is 24.8 Å². The van der Waals surface area contributed by atoms with Gasteiger partial charge in [-0.25, -0.2) is 8.42 Å². The van der Waals surface area contributed by atoms with E-state index in [4.69, 9.17) is 9.47 Å². The Balaban J connectivity index is 1.39. The van der Waals surface area contributed by atoms with Crippen molar-refractivity contribution < 1.29 is 22.7 Å². The van der Waals surface area contributed by atoms with Crippen molar-refractivity contribution >= 4 is 15.9 Å². The van der Waals surface area contributed by atoms with E-state index in [2.05, 4.69) is 5.32 Å². The summed E-state index contributed by atoms with van der Waals surface area (Å²) in [5.41, 5.74) is 1.52. The van der Waals surface area contributed by atoms with Gasteiger partial charge in [0.1, 0.15) is 0 Å². The molecule has 30 heavy (non-hydrogen) atoms. The van der Waals surface area contributed by atoms with Crippen LogP contribution >= 0.6 is 0 Å². The first-order chi connectivity index (χ1) is 14.4. The number of piperidine rings is 1. The molecule has 0 bridgehead atoms. The minimum Gasteiger partial charge on any atom is -0.454 e. The summed E-state index contributed by atoms with van der Waals surface area (Å²) in [6.07, 6.45) is 3.21. The average molecular weight is 431 g/mol. The van der Waals surface area contributed by atoms with Crippen LogP contribution in [0.5, 0.6) is 11.5 Å². The molecule has 1 N–H and O–H groups in total. The Morgan fingerprint density at radius 2 is 1.87 bits per heavy atom. The summed E-state index contributed by atoms with van der Waals surface area (Å²) in [4.78, 5) is 12.8. The number of fused-ring (bicyclic) bond motifs is 1. The van der Waals surface area contributed by atoms with Crippen molar-refractivity contribution in [1.29, 1.82) is 0 Å². The summed E-state index contributed by atoms with van der Waals surface area (Å²) >= 11 is 0. The summed E-state index contributed by atoms with van der Waals surface area (Å²) in [6.45, 7) is 3.01. The zero-order valence-corrected chi connectivity index (χ0v) is 17.8. The second kappa shape index (κ2) is 8.65. The summed E-state index contributed by atoms with van der Waals surface area (Å²) in [6, 6.07) is 11.9. The topological polar surface area (TPSA) is 84.9 Å². The molecule has 7 nitrogen and oxygen atoms in total. The molecule has 8 heteroatoms. The number of carbonyl (C=O) groups excluding carboxylic acids is 1. The van der Waals surface area contributed by atoms with Crippen molar-refractivity contribution in [1.82, 2.24) is 9.62 Å². The third kappa shape index (κ3) is 4.29. The molecular weight excluding hydrogens is 404 g/mol. The maximum Gasteiger partial charge on any atom is 0.251 e. The second-order valence-corrected chi connectivity index (χ2v) is 9.58. The number of hydrogen-bond donors (Lipinski definition) is 1. The van der Waals surface area contributed by atoms with Gasteiger partial charge in [-0.15, -0.1) is 0 Å². The molecule has 0 spiro atoms. The molecule has 0 radical (unpaired) electrons. The van der Waals surface area contributed by atoms with Crippen LogP contribution in [0.1, 0.15) is 41.6 Å². The van der Waals surface area contributed by atoms with Crippen LogP contribution in [0.2, 0.25) is 0 Å². The predicted octanol–water partition coefficient (Wildman–Crippen LogP) is 3.09. The van der Waals surface area contributed by atoms with E-state index in [1.54, 1.807) is 34.6 Å². The molecule has 4 rings (SSSR count). The lowest BCUT2D eigenvalue weighted by molar-refractivity contribution is 0.0949. The number of ether oxygens (including phenoxy) is 2. The summed E-state index contributed by atoms with van der Waals surface area (Å²) in [5.74, 6) is 0.980. The second-order valence-electron chi connectivity index (χ2n) is 7.69. The fraction of sp³-hybridized carbons (Fsp3) is 0.409. The molecule has 1 atom stereocenters. The average Bonchev–Trinajstić information content (AvgIpc) is 3.22. The van der Waals surface area contributed by atoms with Gasteiger partial charge in [0.25, 0.3) is 5.91 Å². The number of carbonyl (C=O) groups is 1. The van der Waals surface area contributed by atoms with Crippen LogP contribution in [0, 0.1) is 6.92 Å².